The van der Waals surface area contributed by atoms with Gasteiger partial charge in [-0.2, -0.15) is 0 Å². The van der Waals surface area contributed by atoms with Gasteiger partial charge in [-0.05, 0) is 18.2 Å². The summed E-state index contributed by atoms with van der Waals surface area (Å²) in [7, 11) is 1.52. The summed E-state index contributed by atoms with van der Waals surface area (Å²) in [6, 6.07) is 6.68. The van der Waals surface area contributed by atoms with Crippen molar-refractivity contribution in [3.8, 4) is 5.75 Å². The topological polar surface area (TPSA) is 75.6 Å². The highest BCUT2D eigenvalue weighted by atomic mass is 16.5. The number of ether oxygens (including phenoxy) is 1. The zero-order valence-corrected chi connectivity index (χ0v) is 9.77. The lowest BCUT2D eigenvalue weighted by Gasteiger charge is -2.09. The van der Waals surface area contributed by atoms with E-state index in [2.05, 4.69) is 5.32 Å². The minimum atomic E-state index is -0.934. The summed E-state index contributed by atoms with van der Waals surface area (Å²) in [5.41, 5.74) is 0.446. The SMILES string of the molecule is COc1cccc(C(=O)NCC(C)C(=O)O)c1. The molecule has 0 aliphatic heterocycles. The van der Waals surface area contributed by atoms with E-state index < -0.39 is 11.9 Å². The van der Waals surface area contributed by atoms with Gasteiger partial charge in [0.05, 0.1) is 13.0 Å². The fourth-order valence-corrected chi connectivity index (χ4v) is 1.20. The number of carbonyl (C=O) groups is 2. The summed E-state index contributed by atoms with van der Waals surface area (Å²) in [6.45, 7) is 1.64. The van der Waals surface area contributed by atoms with E-state index in [0.29, 0.717) is 11.3 Å². The number of benzene rings is 1. The Labute approximate surface area is 99.4 Å². The Bertz CT molecular complexity index is 417. The Kier molecular flexibility index (Phi) is 4.51. The fourth-order valence-electron chi connectivity index (χ4n) is 1.20. The minimum absolute atomic E-state index is 0.103. The standard InChI is InChI=1S/C12H15NO4/c1-8(12(15)16)7-13-11(14)9-4-3-5-10(6-9)17-2/h3-6,8H,7H2,1-2H3,(H,13,14)(H,15,16). The second-order valence-electron chi connectivity index (χ2n) is 3.68. The maximum absolute atomic E-state index is 11.7. The van der Waals surface area contributed by atoms with Gasteiger partial charge in [0.1, 0.15) is 5.75 Å². The Morgan fingerprint density at radius 2 is 2.18 bits per heavy atom. The molecule has 0 aliphatic rings. The third kappa shape index (κ3) is 3.79. The lowest BCUT2D eigenvalue weighted by molar-refractivity contribution is -0.140. The summed E-state index contributed by atoms with van der Waals surface area (Å²) >= 11 is 0. The molecule has 5 nitrogen and oxygen atoms in total. The molecule has 1 unspecified atom stereocenters. The molecule has 0 saturated heterocycles. The molecular weight excluding hydrogens is 222 g/mol. The van der Waals surface area contributed by atoms with Crippen LogP contribution >= 0.6 is 0 Å². The van der Waals surface area contributed by atoms with E-state index in [1.54, 1.807) is 24.3 Å². The molecule has 0 saturated carbocycles. The van der Waals surface area contributed by atoms with Gasteiger partial charge in [0.25, 0.3) is 5.91 Å². The van der Waals surface area contributed by atoms with Crippen LogP contribution in [0.1, 0.15) is 17.3 Å². The molecule has 0 aromatic heterocycles. The van der Waals surface area contributed by atoms with Crippen molar-refractivity contribution in [3.63, 3.8) is 0 Å². The van der Waals surface area contributed by atoms with Crippen LogP contribution in [0.2, 0.25) is 0 Å². The minimum Gasteiger partial charge on any atom is -0.497 e. The zero-order chi connectivity index (χ0) is 12.8. The van der Waals surface area contributed by atoms with Crippen LogP contribution in [0, 0.1) is 5.92 Å². The van der Waals surface area contributed by atoms with Crippen molar-refractivity contribution >= 4 is 11.9 Å². The van der Waals surface area contributed by atoms with Gasteiger partial charge < -0.3 is 15.2 Å². The van der Waals surface area contributed by atoms with Gasteiger partial charge in [0.15, 0.2) is 0 Å². The number of carbonyl (C=O) groups excluding carboxylic acids is 1. The molecule has 0 bridgehead atoms. The largest absolute Gasteiger partial charge is 0.497 e. The smallest absolute Gasteiger partial charge is 0.308 e. The van der Waals surface area contributed by atoms with Gasteiger partial charge in [-0.1, -0.05) is 13.0 Å². The normalized spacial score (nSPS) is 11.6. The number of nitrogens with one attached hydrogen (secondary N) is 1. The van der Waals surface area contributed by atoms with E-state index in [-0.39, 0.29) is 12.5 Å². The van der Waals surface area contributed by atoms with Crippen LogP contribution < -0.4 is 10.1 Å². The van der Waals surface area contributed by atoms with Crippen LogP contribution in [-0.4, -0.2) is 30.6 Å². The second kappa shape index (κ2) is 5.89. The molecule has 92 valence electrons. The van der Waals surface area contributed by atoms with Gasteiger partial charge in [0.2, 0.25) is 0 Å². The average molecular weight is 237 g/mol. The highest BCUT2D eigenvalue weighted by molar-refractivity contribution is 5.94. The van der Waals surface area contributed by atoms with E-state index in [9.17, 15) is 9.59 Å². The number of rotatable bonds is 5. The number of hydrogen-bond donors (Lipinski definition) is 2. The number of hydrogen-bond acceptors (Lipinski definition) is 3. The first-order valence-corrected chi connectivity index (χ1v) is 5.19. The summed E-state index contributed by atoms with van der Waals surface area (Å²) in [6.07, 6.45) is 0. The highest BCUT2D eigenvalue weighted by Crippen LogP contribution is 2.12. The molecule has 2 N–H and O–H groups in total. The molecule has 1 aromatic carbocycles. The first kappa shape index (κ1) is 13.0. The number of carboxylic acid groups (broad SMARTS) is 1. The van der Waals surface area contributed by atoms with Crippen molar-refractivity contribution < 1.29 is 19.4 Å². The van der Waals surface area contributed by atoms with Gasteiger partial charge in [-0.15, -0.1) is 0 Å². The van der Waals surface area contributed by atoms with Crippen LogP contribution in [0.15, 0.2) is 24.3 Å². The van der Waals surface area contributed by atoms with Gasteiger partial charge in [0, 0.05) is 12.1 Å². The lowest BCUT2D eigenvalue weighted by Crippen LogP contribution is -2.31. The first-order valence-electron chi connectivity index (χ1n) is 5.19. The number of amides is 1. The Balaban J connectivity index is 2.60. The number of carboxylic acids is 1. The first-order chi connectivity index (χ1) is 8.04. The van der Waals surface area contributed by atoms with Crippen molar-refractivity contribution in [3.05, 3.63) is 29.8 Å². The summed E-state index contributed by atoms with van der Waals surface area (Å²) in [5, 5.41) is 11.2. The van der Waals surface area contributed by atoms with Crippen molar-refractivity contribution in [1.29, 1.82) is 0 Å². The van der Waals surface area contributed by atoms with Gasteiger partial charge in [-0.3, -0.25) is 9.59 Å². The fraction of sp³-hybridized carbons (Fsp3) is 0.333. The van der Waals surface area contributed by atoms with Crippen LogP contribution in [0.3, 0.4) is 0 Å². The quantitative estimate of drug-likeness (QED) is 0.805. The summed E-state index contributed by atoms with van der Waals surface area (Å²) in [5.74, 6) is -1.26. The van der Waals surface area contributed by atoms with E-state index in [1.807, 2.05) is 0 Å². The summed E-state index contributed by atoms with van der Waals surface area (Å²) in [4.78, 5) is 22.3. The molecule has 1 amide bonds. The molecule has 1 rings (SSSR count). The second-order valence-corrected chi connectivity index (χ2v) is 3.68. The number of aliphatic carboxylic acids is 1. The number of methoxy groups -OCH3 is 1. The predicted molar refractivity (Wildman–Crippen MR) is 62.1 cm³/mol. The predicted octanol–water partition coefficient (Wildman–Crippen LogP) is 1.15. The van der Waals surface area contributed by atoms with Gasteiger partial charge in [-0.25, -0.2) is 0 Å². The van der Waals surface area contributed by atoms with Crippen molar-refractivity contribution in [2.45, 2.75) is 6.92 Å². The van der Waals surface area contributed by atoms with E-state index in [1.165, 1.54) is 14.0 Å². The molecule has 0 radical (unpaired) electrons. The maximum atomic E-state index is 11.7. The molecule has 0 heterocycles. The maximum Gasteiger partial charge on any atom is 0.308 e. The molecule has 0 aliphatic carbocycles. The van der Waals surface area contributed by atoms with E-state index in [4.69, 9.17) is 9.84 Å². The molecule has 0 fully saturated rings. The van der Waals surface area contributed by atoms with E-state index >= 15 is 0 Å². The lowest BCUT2D eigenvalue weighted by atomic mass is 10.1. The molecule has 0 spiro atoms. The van der Waals surface area contributed by atoms with Crippen LogP contribution in [0.4, 0.5) is 0 Å². The summed E-state index contributed by atoms with van der Waals surface area (Å²) < 4.78 is 4.99. The Morgan fingerprint density at radius 3 is 2.76 bits per heavy atom. The zero-order valence-electron chi connectivity index (χ0n) is 9.77. The van der Waals surface area contributed by atoms with Crippen LogP contribution in [-0.2, 0) is 4.79 Å². The van der Waals surface area contributed by atoms with Crippen molar-refractivity contribution in [1.82, 2.24) is 5.32 Å². The molecular formula is C12H15NO4. The molecule has 5 heteroatoms. The van der Waals surface area contributed by atoms with Crippen molar-refractivity contribution in [2.75, 3.05) is 13.7 Å². The average Bonchev–Trinajstić information content (AvgIpc) is 2.35. The molecule has 1 aromatic rings. The van der Waals surface area contributed by atoms with Crippen LogP contribution in [0.5, 0.6) is 5.75 Å². The van der Waals surface area contributed by atoms with Crippen LogP contribution in [0.25, 0.3) is 0 Å². The van der Waals surface area contributed by atoms with E-state index in [0.717, 1.165) is 0 Å². The molecule has 17 heavy (non-hydrogen) atoms. The monoisotopic (exact) mass is 237 g/mol. The Morgan fingerprint density at radius 1 is 1.47 bits per heavy atom. The van der Waals surface area contributed by atoms with Gasteiger partial charge >= 0.3 is 5.97 Å². The van der Waals surface area contributed by atoms with Crippen molar-refractivity contribution in [2.24, 2.45) is 5.92 Å². The third-order valence-corrected chi connectivity index (χ3v) is 2.32. The third-order valence-electron chi connectivity index (χ3n) is 2.32. The highest BCUT2D eigenvalue weighted by Gasteiger charge is 2.13. The Hall–Kier alpha value is -2.04. The molecule has 1 atom stereocenters.